The Balaban J connectivity index is 1.98. The summed E-state index contributed by atoms with van der Waals surface area (Å²) in [4.78, 5) is 22.4. The Kier molecular flexibility index (Phi) is 7.84. The minimum absolute atomic E-state index is 0.0587. The van der Waals surface area contributed by atoms with E-state index in [-0.39, 0.29) is 11.9 Å². The SMILES string of the molecule is COC(=O)CCCNC(=O)CSC1CCNCC1. The molecule has 1 saturated heterocycles. The molecule has 0 saturated carbocycles. The van der Waals surface area contributed by atoms with Crippen LogP contribution in [0.15, 0.2) is 0 Å². The molecule has 0 aromatic carbocycles. The number of hydrogen-bond acceptors (Lipinski definition) is 5. The Labute approximate surface area is 112 Å². The molecule has 0 unspecified atom stereocenters. The third-order valence-electron chi connectivity index (χ3n) is 2.84. The molecule has 0 aromatic heterocycles. The molecular weight excluding hydrogens is 252 g/mol. The number of thioether (sulfide) groups is 1. The Morgan fingerprint density at radius 3 is 2.78 bits per heavy atom. The van der Waals surface area contributed by atoms with Gasteiger partial charge in [-0.05, 0) is 32.4 Å². The first-order chi connectivity index (χ1) is 8.72. The molecule has 0 spiro atoms. The van der Waals surface area contributed by atoms with Gasteiger partial charge in [-0.25, -0.2) is 0 Å². The molecular formula is C12H22N2O3S. The van der Waals surface area contributed by atoms with Crippen LogP contribution in [0.4, 0.5) is 0 Å². The third kappa shape index (κ3) is 6.86. The molecule has 1 rings (SSSR count). The fourth-order valence-corrected chi connectivity index (χ4v) is 2.83. The molecule has 18 heavy (non-hydrogen) atoms. The van der Waals surface area contributed by atoms with Gasteiger partial charge < -0.3 is 15.4 Å². The molecule has 0 bridgehead atoms. The first kappa shape index (κ1) is 15.3. The molecule has 0 atom stereocenters. The van der Waals surface area contributed by atoms with E-state index in [1.165, 1.54) is 7.11 Å². The highest BCUT2D eigenvalue weighted by Crippen LogP contribution is 2.19. The van der Waals surface area contributed by atoms with Gasteiger partial charge in [-0.15, -0.1) is 11.8 Å². The van der Waals surface area contributed by atoms with Gasteiger partial charge in [-0.3, -0.25) is 9.59 Å². The van der Waals surface area contributed by atoms with Gasteiger partial charge in [-0.1, -0.05) is 0 Å². The number of esters is 1. The molecule has 1 aliphatic rings. The van der Waals surface area contributed by atoms with Gasteiger partial charge in [0.2, 0.25) is 5.91 Å². The molecule has 104 valence electrons. The highest BCUT2D eigenvalue weighted by atomic mass is 32.2. The molecule has 1 heterocycles. The van der Waals surface area contributed by atoms with Crippen LogP contribution < -0.4 is 10.6 Å². The van der Waals surface area contributed by atoms with E-state index in [1.54, 1.807) is 11.8 Å². The largest absolute Gasteiger partial charge is 0.469 e. The van der Waals surface area contributed by atoms with E-state index >= 15 is 0 Å². The van der Waals surface area contributed by atoms with Crippen molar-refractivity contribution in [3.8, 4) is 0 Å². The van der Waals surface area contributed by atoms with E-state index in [9.17, 15) is 9.59 Å². The third-order valence-corrected chi connectivity index (χ3v) is 4.22. The van der Waals surface area contributed by atoms with Crippen LogP contribution in [0.25, 0.3) is 0 Å². The van der Waals surface area contributed by atoms with Crippen LogP contribution in [0.3, 0.4) is 0 Å². The van der Waals surface area contributed by atoms with Gasteiger partial charge in [0, 0.05) is 18.2 Å². The van der Waals surface area contributed by atoms with Crippen LogP contribution in [0.1, 0.15) is 25.7 Å². The van der Waals surface area contributed by atoms with Crippen molar-refractivity contribution in [1.82, 2.24) is 10.6 Å². The highest BCUT2D eigenvalue weighted by Gasteiger charge is 2.14. The number of methoxy groups -OCH3 is 1. The quantitative estimate of drug-likeness (QED) is 0.524. The van der Waals surface area contributed by atoms with Crippen molar-refractivity contribution in [2.24, 2.45) is 0 Å². The first-order valence-corrected chi connectivity index (χ1v) is 7.43. The number of carbonyl (C=O) groups is 2. The first-order valence-electron chi connectivity index (χ1n) is 6.38. The Morgan fingerprint density at radius 2 is 2.11 bits per heavy atom. The van der Waals surface area contributed by atoms with Crippen LogP contribution in [-0.4, -0.2) is 49.6 Å². The zero-order valence-corrected chi connectivity index (χ0v) is 11.7. The van der Waals surface area contributed by atoms with Crippen molar-refractivity contribution in [3.05, 3.63) is 0 Å². The van der Waals surface area contributed by atoms with Crippen molar-refractivity contribution in [3.63, 3.8) is 0 Å². The van der Waals surface area contributed by atoms with Crippen molar-refractivity contribution >= 4 is 23.6 Å². The molecule has 2 N–H and O–H groups in total. The number of rotatable bonds is 7. The molecule has 1 amide bonds. The Hall–Kier alpha value is -0.750. The van der Waals surface area contributed by atoms with Crippen LogP contribution in [-0.2, 0) is 14.3 Å². The van der Waals surface area contributed by atoms with E-state index in [4.69, 9.17) is 0 Å². The molecule has 6 heteroatoms. The fraction of sp³-hybridized carbons (Fsp3) is 0.833. The normalized spacial score (nSPS) is 16.3. The summed E-state index contributed by atoms with van der Waals surface area (Å²) >= 11 is 1.73. The smallest absolute Gasteiger partial charge is 0.305 e. The number of piperidine rings is 1. The number of ether oxygens (including phenoxy) is 1. The second kappa shape index (κ2) is 9.22. The number of hydrogen-bond donors (Lipinski definition) is 2. The van der Waals surface area contributed by atoms with E-state index in [1.807, 2.05) is 0 Å². The standard InChI is InChI=1S/C12H22N2O3S/c1-17-12(16)3-2-6-14-11(15)9-18-10-4-7-13-8-5-10/h10,13H,2-9H2,1H3,(H,14,15). The number of nitrogens with one attached hydrogen (secondary N) is 2. The summed E-state index contributed by atoms with van der Waals surface area (Å²) in [6.07, 6.45) is 3.27. The van der Waals surface area contributed by atoms with E-state index in [0.29, 0.717) is 30.4 Å². The van der Waals surface area contributed by atoms with Crippen LogP contribution >= 0.6 is 11.8 Å². The molecule has 0 aromatic rings. The average molecular weight is 274 g/mol. The second-order valence-electron chi connectivity index (χ2n) is 4.29. The van der Waals surface area contributed by atoms with Gasteiger partial charge in [0.15, 0.2) is 0 Å². The van der Waals surface area contributed by atoms with E-state index in [2.05, 4.69) is 15.4 Å². The summed E-state index contributed by atoms with van der Waals surface area (Å²) < 4.78 is 4.52. The van der Waals surface area contributed by atoms with E-state index < -0.39 is 0 Å². The van der Waals surface area contributed by atoms with Gasteiger partial charge in [0.25, 0.3) is 0 Å². The predicted octanol–water partition coefficient (Wildman–Crippen LogP) is 0.541. The zero-order valence-electron chi connectivity index (χ0n) is 10.9. The summed E-state index contributed by atoms with van der Waals surface area (Å²) in [7, 11) is 1.37. The fourth-order valence-electron chi connectivity index (χ4n) is 1.77. The van der Waals surface area contributed by atoms with Gasteiger partial charge >= 0.3 is 5.97 Å². The lowest BCUT2D eigenvalue weighted by molar-refractivity contribution is -0.140. The summed E-state index contributed by atoms with van der Waals surface area (Å²) in [6.45, 7) is 2.65. The van der Waals surface area contributed by atoms with Crippen molar-refractivity contribution in [2.45, 2.75) is 30.9 Å². The summed E-state index contributed by atoms with van der Waals surface area (Å²) in [5.41, 5.74) is 0. The maximum absolute atomic E-state index is 11.5. The maximum atomic E-state index is 11.5. The van der Waals surface area contributed by atoms with Gasteiger partial charge in [0.05, 0.1) is 12.9 Å². The topological polar surface area (TPSA) is 67.4 Å². The molecule has 5 nitrogen and oxygen atoms in total. The average Bonchev–Trinajstić information content (AvgIpc) is 2.42. The minimum Gasteiger partial charge on any atom is -0.469 e. The molecule has 1 aliphatic heterocycles. The minimum atomic E-state index is -0.228. The molecule has 0 radical (unpaired) electrons. The monoisotopic (exact) mass is 274 g/mol. The maximum Gasteiger partial charge on any atom is 0.305 e. The lowest BCUT2D eigenvalue weighted by Gasteiger charge is -2.21. The van der Waals surface area contributed by atoms with Gasteiger partial charge in [-0.2, -0.15) is 0 Å². The summed E-state index contributed by atoms with van der Waals surface area (Å²) in [6, 6.07) is 0. The van der Waals surface area contributed by atoms with E-state index in [0.717, 1.165) is 25.9 Å². The van der Waals surface area contributed by atoms with Crippen molar-refractivity contribution < 1.29 is 14.3 Å². The Bertz CT molecular complexity index is 268. The molecule has 1 fully saturated rings. The Morgan fingerprint density at radius 1 is 1.39 bits per heavy atom. The zero-order chi connectivity index (χ0) is 13.2. The summed E-state index contributed by atoms with van der Waals surface area (Å²) in [5.74, 6) is 0.347. The van der Waals surface area contributed by atoms with Crippen LogP contribution in [0.2, 0.25) is 0 Å². The second-order valence-corrected chi connectivity index (χ2v) is 5.58. The number of carbonyl (C=O) groups excluding carboxylic acids is 2. The van der Waals surface area contributed by atoms with Crippen molar-refractivity contribution in [1.29, 1.82) is 0 Å². The van der Waals surface area contributed by atoms with Crippen molar-refractivity contribution in [2.75, 3.05) is 32.5 Å². The number of amides is 1. The molecule has 0 aliphatic carbocycles. The predicted molar refractivity (Wildman–Crippen MR) is 72.6 cm³/mol. The lowest BCUT2D eigenvalue weighted by atomic mass is 10.2. The summed E-state index contributed by atoms with van der Waals surface area (Å²) in [5, 5.41) is 6.72. The van der Waals surface area contributed by atoms with Gasteiger partial charge in [0.1, 0.15) is 0 Å². The van der Waals surface area contributed by atoms with Crippen LogP contribution in [0.5, 0.6) is 0 Å². The highest BCUT2D eigenvalue weighted by molar-refractivity contribution is 8.00. The lowest BCUT2D eigenvalue weighted by Crippen LogP contribution is -2.31. The van der Waals surface area contributed by atoms with Crippen LogP contribution in [0, 0.1) is 0 Å².